The first kappa shape index (κ1) is 13.6. The Morgan fingerprint density at radius 1 is 1.47 bits per heavy atom. The number of carbonyl (C=O) groups is 1. The third kappa shape index (κ3) is 3.35. The second-order valence-electron chi connectivity index (χ2n) is 5.00. The average Bonchev–Trinajstić information content (AvgIpc) is 2.35. The van der Waals surface area contributed by atoms with Gasteiger partial charge in [-0.1, -0.05) is 18.2 Å². The molecular weight excluding hydrogens is 242 g/mol. The molecule has 1 aliphatic rings. The van der Waals surface area contributed by atoms with Crippen molar-refractivity contribution in [3.05, 3.63) is 35.9 Å². The van der Waals surface area contributed by atoms with Crippen LogP contribution in [0.5, 0.6) is 5.75 Å². The molecular formula is C15H19NO3. The van der Waals surface area contributed by atoms with E-state index in [4.69, 9.17) is 4.74 Å². The van der Waals surface area contributed by atoms with Crippen LogP contribution in [-0.2, 0) is 4.79 Å². The fraction of sp³-hybridized carbons (Fsp3) is 0.400. The zero-order valence-corrected chi connectivity index (χ0v) is 11.3. The summed E-state index contributed by atoms with van der Waals surface area (Å²) in [6.07, 6.45) is 3.27. The van der Waals surface area contributed by atoms with Gasteiger partial charge in [-0.15, -0.1) is 0 Å². The number of hydrogen-bond donors (Lipinski definition) is 1. The number of β-amino-alcohol motifs (C(OH)–C–C–N with tert-alkyl or cyclic N) is 1. The summed E-state index contributed by atoms with van der Waals surface area (Å²) in [5.41, 5.74) is 0.150. The van der Waals surface area contributed by atoms with Gasteiger partial charge in [0.25, 0.3) is 0 Å². The van der Waals surface area contributed by atoms with Gasteiger partial charge < -0.3 is 14.7 Å². The van der Waals surface area contributed by atoms with Crippen molar-refractivity contribution >= 4 is 12.0 Å². The van der Waals surface area contributed by atoms with Crippen molar-refractivity contribution in [3.8, 4) is 5.75 Å². The second kappa shape index (κ2) is 5.45. The van der Waals surface area contributed by atoms with Gasteiger partial charge in [0.2, 0.25) is 5.91 Å². The van der Waals surface area contributed by atoms with Gasteiger partial charge in [0, 0.05) is 11.6 Å². The topological polar surface area (TPSA) is 49.8 Å². The number of aliphatic hydroxyl groups is 1. The Labute approximate surface area is 113 Å². The molecule has 1 amide bonds. The van der Waals surface area contributed by atoms with Crippen LogP contribution in [0.4, 0.5) is 0 Å². The highest BCUT2D eigenvalue weighted by molar-refractivity contribution is 5.92. The van der Waals surface area contributed by atoms with E-state index in [1.807, 2.05) is 31.2 Å². The number of benzene rings is 1. The van der Waals surface area contributed by atoms with Crippen LogP contribution in [0.2, 0.25) is 0 Å². The van der Waals surface area contributed by atoms with Gasteiger partial charge in [-0.3, -0.25) is 4.79 Å². The quantitative estimate of drug-likeness (QED) is 0.839. The minimum atomic E-state index is -0.729. The molecule has 0 saturated carbocycles. The maximum atomic E-state index is 11.8. The SMILES string of the molecule is CCOc1ccccc1/C=C/C(=O)N1CC(C)(O)C1. The van der Waals surface area contributed by atoms with Gasteiger partial charge in [-0.25, -0.2) is 0 Å². The maximum absolute atomic E-state index is 11.8. The summed E-state index contributed by atoms with van der Waals surface area (Å²) < 4.78 is 5.49. The molecule has 19 heavy (non-hydrogen) atoms. The predicted octanol–water partition coefficient (Wildman–Crippen LogP) is 1.69. The van der Waals surface area contributed by atoms with Gasteiger partial charge in [-0.05, 0) is 26.0 Å². The van der Waals surface area contributed by atoms with Crippen LogP contribution in [0.1, 0.15) is 19.4 Å². The lowest BCUT2D eigenvalue weighted by Crippen LogP contribution is -2.61. The van der Waals surface area contributed by atoms with Gasteiger partial charge in [0.05, 0.1) is 25.3 Å². The predicted molar refractivity (Wildman–Crippen MR) is 73.8 cm³/mol. The Bertz CT molecular complexity index is 486. The third-order valence-electron chi connectivity index (χ3n) is 3.00. The zero-order valence-electron chi connectivity index (χ0n) is 11.3. The van der Waals surface area contributed by atoms with Crippen LogP contribution in [0.25, 0.3) is 6.08 Å². The summed E-state index contributed by atoms with van der Waals surface area (Å²) in [7, 11) is 0. The van der Waals surface area contributed by atoms with Gasteiger partial charge >= 0.3 is 0 Å². The number of likely N-dealkylation sites (tertiary alicyclic amines) is 1. The van der Waals surface area contributed by atoms with Crippen molar-refractivity contribution in [1.82, 2.24) is 4.90 Å². The molecule has 1 aromatic carbocycles. The molecule has 2 rings (SSSR count). The lowest BCUT2D eigenvalue weighted by atomic mass is 9.97. The number of hydrogen-bond acceptors (Lipinski definition) is 3. The fourth-order valence-electron chi connectivity index (χ4n) is 2.10. The summed E-state index contributed by atoms with van der Waals surface area (Å²) in [5.74, 6) is 0.683. The first-order valence-electron chi connectivity index (χ1n) is 6.43. The van der Waals surface area contributed by atoms with Gasteiger partial charge in [0.1, 0.15) is 5.75 Å². The summed E-state index contributed by atoms with van der Waals surface area (Å²) in [5, 5.41) is 9.59. The highest BCUT2D eigenvalue weighted by Crippen LogP contribution is 2.22. The first-order valence-corrected chi connectivity index (χ1v) is 6.43. The van der Waals surface area contributed by atoms with E-state index in [1.165, 1.54) is 6.08 Å². The van der Waals surface area contributed by atoms with Crippen molar-refractivity contribution in [3.63, 3.8) is 0 Å². The molecule has 1 fully saturated rings. The molecule has 102 valence electrons. The van der Waals surface area contributed by atoms with Crippen molar-refractivity contribution in [2.24, 2.45) is 0 Å². The summed E-state index contributed by atoms with van der Waals surface area (Å²) >= 11 is 0. The molecule has 0 atom stereocenters. The Morgan fingerprint density at radius 3 is 2.79 bits per heavy atom. The van der Waals surface area contributed by atoms with E-state index in [0.717, 1.165) is 11.3 Å². The number of para-hydroxylation sites is 1. The van der Waals surface area contributed by atoms with E-state index in [0.29, 0.717) is 19.7 Å². The minimum absolute atomic E-state index is 0.0853. The number of amides is 1. The lowest BCUT2D eigenvalue weighted by Gasteiger charge is -2.43. The molecule has 1 aromatic rings. The van der Waals surface area contributed by atoms with Crippen LogP contribution < -0.4 is 4.74 Å². The molecule has 0 unspecified atom stereocenters. The number of rotatable bonds is 4. The minimum Gasteiger partial charge on any atom is -0.493 e. The Kier molecular flexibility index (Phi) is 3.90. The van der Waals surface area contributed by atoms with Crippen molar-refractivity contribution in [2.45, 2.75) is 19.4 Å². The van der Waals surface area contributed by atoms with E-state index in [-0.39, 0.29) is 5.91 Å². The van der Waals surface area contributed by atoms with E-state index < -0.39 is 5.60 Å². The molecule has 0 bridgehead atoms. The number of carbonyl (C=O) groups excluding carboxylic acids is 1. The van der Waals surface area contributed by atoms with E-state index >= 15 is 0 Å². The molecule has 4 heteroatoms. The normalized spacial score (nSPS) is 17.3. The molecule has 0 aliphatic carbocycles. The number of ether oxygens (including phenoxy) is 1. The molecule has 0 aromatic heterocycles. The molecule has 4 nitrogen and oxygen atoms in total. The summed E-state index contributed by atoms with van der Waals surface area (Å²) in [6, 6.07) is 7.58. The fourth-order valence-corrected chi connectivity index (χ4v) is 2.10. The van der Waals surface area contributed by atoms with E-state index in [2.05, 4.69) is 0 Å². The largest absolute Gasteiger partial charge is 0.493 e. The van der Waals surface area contributed by atoms with Gasteiger partial charge in [0.15, 0.2) is 0 Å². The maximum Gasteiger partial charge on any atom is 0.246 e. The molecule has 0 radical (unpaired) electrons. The summed E-state index contributed by atoms with van der Waals surface area (Å²) in [4.78, 5) is 13.5. The smallest absolute Gasteiger partial charge is 0.246 e. The van der Waals surface area contributed by atoms with Crippen LogP contribution in [-0.4, -0.2) is 41.2 Å². The van der Waals surface area contributed by atoms with Crippen molar-refractivity contribution < 1.29 is 14.6 Å². The zero-order chi connectivity index (χ0) is 13.9. The Morgan fingerprint density at radius 2 is 2.16 bits per heavy atom. The molecule has 0 spiro atoms. The second-order valence-corrected chi connectivity index (χ2v) is 5.00. The highest BCUT2D eigenvalue weighted by Gasteiger charge is 2.38. The van der Waals surface area contributed by atoms with Crippen molar-refractivity contribution in [2.75, 3.05) is 19.7 Å². The highest BCUT2D eigenvalue weighted by atomic mass is 16.5. The van der Waals surface area contributed by atoms with Crippen LogP contribution in [0, 0.1) is 0 Å². The monoisotopic (exact) mass is 261 g/mol. The van der Waals surface area contributed by atoms with E-state index in [1.54, 1.807) is 17.9 Å². The van der Waals surface area contributed by atoms with Crippen LogP contribution in [0.15, 0.2) is 30.3 Å². The van der Waals surface area contributed by atoms with Crippen molar-refractivity contribution in [1.29, 1.82) is 0 Å². The van der Waals surface area contributed by atoms with Gasteiger partial charge in [-0.2, -0.15) is 0 Å². The molecule has 1 heterocycles. The molecule has 1 saturated heterocycles. The van der Waals surface area contributed by atoms with E-state index in [9.17, 15) is 9.90 Å². The standard InChI is InChI=1S/C15H19NO3/c1-3-19-13-7-5-4-6-12(13)8-9-14(17)16-10-15(2,18)11-16/h4-9,18H,3,10-11H2,1-2H3/b9-8+. The van der Waals surface area contributed by atoms with Crippen LogP contribution >= 0.6 is 0 Å². The third-order valence-corrected chi connectivity index (χ3v) is 3.00. The molecule has 1 aliphatic heterocycles. The Balaban J connectivity index is 2.01. The number of nitrogens with zero attached hydrogens (tertiary/aromatic N) is 1. The lowest BCUT2D eigenvalue weighted by molar-refractivity contribution is -0.146. The first-order chi connectivity index (χ1) is 9.02. The Hall–Kier alpha value is -1.81. The average molecular weight is 261 g/mol. The van der Waals surface area contributed by atoms with Crippen LogP contribution in [0.3, 0.4) is 0 Å². The summed E-state index contributed by atoms with van der Waals surface area (Å²) in [6.45, 7) is 5.03. The molecule has 1 N–H and O–H groups in total.